The minimum absolute atomic E-state index is 0.863. The summed E-state index contributed by atoms with van der Waals surface area (Å²) in [4.78, 5) is 9.86. The van der Waals surface area contributed by atoms with Crippen LogP contribution in [-0.2, 0) is 6.42 Å². The van der Waals surface area contributed by atoms with Crippen molar-refractivity contribution in [2.45, 2.75) is 29.7 Å². The fourth-order valence-corrected chi connectivity index (χ4v) is 2.85. The molecule has 0 amide bonds. The van der Waals surface area contributed by atoms with Crippen molar-refractivity contribution in [2.75, 3.05) is 19.5 Å². The van der Waals surface area contributed by atoms with Gasteiger partial charge in [0.25, 0.3) is 0 Å². The minimum atomic E-state index is 0.863. The molecule has 0 aliphatic carbocycles. The van der Waals surface area contributed by atoms with Crippen LogP contribution in [0.25, 0.3) is 0 Å². The highest BCUT2D eigenvalue weighted by Gasteiger charge is 2.11. The van der Waals surface area contributed by atoms with E-state index in [4.69, 9.17) is 4.74 Å². The molecule has 0 aliphatic heterocycles. The van der Waals surface area contributed by atoms with Crippen molar-refractivity contribution in [1.29, 1.82) is 0 Å². The third kappa shape index (κ3) is 3.42. The lowest BCUT2D eigenvalue weighted by Crippen LogP contribution is -2.02. The van der Waals surface area contributed by atoms with Crippen molar-refractivity contribution >= 4 is 17.6 Å². The number of aromatic nitrogens is 2. The summed E-state index contributed by atoms with van der Waals surface area (Å²) < 4.78 is 5.17. The molecule has 20 heavy (non-hydrogen) atoms. The number of rotatable bonds is 6. The Morgan fingerprint density at radius 3 is 2.55 bits per heavy atom. The molecule has 0 radical (unpaired) electrons. The average Bonchev–Trinajstić information content (AvgIpc) is 2.50. The lowest BCUT2D eigenvalue weighted by molar-refractivity contribution is 0.414. The van der Waals surface area contributed by atoms with Crippen molar-refractivity contribution in [2.24, 2.45) is 0 Å². The van der Waals surface area contributed by atoms with Gasteiger partial charge in [0.1, 0.15) is 22.9 Å². The standard InChI is InChI=1S/C15H19N3OS/c1-4-5-13-14(16-2)17-10-18-15(13)20-12-8-6-11(19-3)7-9-12/h6-10H,4-5H2,1-3H3,(H,16,17,18). The second-order valence-electron chi connectivity index (χ2n) is 4.28. The van der Waals surface area contributed by atoms with Gasteiger partial charge < -0.3 is 10.1 Å². The van der Waals surface area contributed by atoms with Gasteiger partial charge in [0.2, 0.25) is 0 Å². The van der Waals surface area contributed by atoms with Crippen molar-refractivity contribution in [3.05, 3.63) is 36.2 Å². The number of hydrogen-bond donors (Lipinski definition) is 1. The minimum Gasteiger partial charge on any atom is -0.497 e. The molecule has 0 fully saturated rings. The Kier molecular flexibility index (Phi) is 5.24. The number of hydrogen-bond acceptors (Lipinski definition) is 5. The number of ether oxygens (including phenoxy) is 1. The van der Waals surface area contributed by atoms with E-state index in [0.717, 1.165) is 34.3 Å². The lowest BCUT2D eigenvalue weighted by Gasteiger charge is -2.11. The summed E-state index contributed by atoms with van der Waals surface area (Å²) in [6.45, 7) is 2.16. The van der Waals surface area contributed by atoms with E-state index >= 15 is 0 Å². The maximum atomic E-state index is 5.17. The van der Waals surface area contributed by atoms with Crippen molar-refractivity contribution in [3.63, 3.8) is 0 Å². The SMILES string of the molecule is CCCc1c(NC)ncnc1Sc1ccc(OC)cc1. The summed E-state index contributed by atoms with van der Waals surface area (Å²) in [5.41, 5.74) is 1.18. The van der Waals surface area contributed by atoms with Gasteiger partial charge in [-0.1, -0.05) is 25.1 Å². The van der Waals surface area contributed by atoms with E-state index in [1.165, 1.54) is 5.56 Å². The predicted octanol–water partition coefficient (Wildman–Crippen LogP) is 3.63. The molecular weight excluding hydrogens is 270 g/mol. The first-order chi connectivity index (χ1) is 9.78. The average molecular weight is 289 g/mol. The van der Waals surface area contributed by atoms with E-state index in [2.05, 4.69) is 22.2 Å². The molecule has 0 atom stereocenters. The van der Waals surface area contributed by atoms with E-state index < -0.39 is 0 Å². The van der Waals surface area contributed by atoms with Crippen LogP contribution in [-0.4, -0.2) is 24.1 Å². The summed E-state index contributed by atoms with van der Waals surface area (Å²) in [5.74, 6) is 1.78. The Morgan fingerprint density at radius 1 is 1.20 bits per heavy atom. The molecule has 2 rings (SSSR count). The molecular formula is C15H19N3OS. The first-order valence-corrected chi connectivity index (χ1v) is 7.43. The number of methoxy groups -OCH3 is 1. The normalized spacial score (nSPS) is 10.3. The van der Waals surface area contributed by atoms with Crippen LogP contribution in [0.15, 0.2) is 40.5 Å². The fourth-order valence-electron chi connectivity index (χ4n) is 1.93. The zero-order valence-corrected chi connectivity index (χ0v) is 12.8. The number of nitrogens with zero attached hydrogens (tertiary/aromatic N) is 2. The van der Waals surface area contributed by atoms with Gasteiger partial charge in [-0.15, -0.1) is 0 Å². The lowest BCUT2D eigenvalue weighted by atomic mass is 10.2. The summed E-state index contributed by atoms with van der Waals surface area (Å²) in [6, 6.07) is 8.00. The Morgan fingerprint density at radius 2 is 1.95 bits per heavy atom. The third-order valence-corrected chi connectivity index (χ3v) is 3.97. The molecule has 1 N–H and O–H groups in total. The zero-order chi connectivity index (χ0) is 14.4. The molecule has 0 saturated carbocycles. The van der Waals surface area contributed by atoms with E-state index in [1.807, 2.05) is 31.3 Å². The van der Waals surface area contributed by atoms with Gasteiger partial charge >= 0.3 is 0 Å². The molecule has 0 aliphatic rings. The second-order valence-corrected chi connectivity index (χ2v) is 5.35. The van der Waals surface area contributed by atoms with Gasteiger partial charge in [0.05, 0.1) is 7.11 Å². The highest BCUT2D eigenvalue weighted by molar-refractivity contribution is 7.99. The van der Waals surface area contributed by atoms with Crippen molar-refractivity contribution in [3.8, 4) is 5.75 Å². The van der Waals surface area contributed by atoms with Crippen LogP contribution < -0.4 is 10.1 Å². The van der Waals surface area contributed by atoms with Gasteiger partial charge in [-0.3, -0.25) is 0 Å². The summed E-state index contributed by atoms with van der Waals surface area (Å²) in [5, 5.41) is 4.15. The third-order valence-electron chi connectivity index (χ3n) is 2.92. The van der Waals surface area contributed by atoms with Gasteiger partial charge in [-0.25, -0.2) is 9.97 Å². The first kappa shape index (κ1) is 14.7. The van der Waals surface area contributed by atoms with Crippen LogP contribution in [0.3, 0.4) is 0 Å². The molecule has 0 spiro atoms. The van der Waals surface area contributed by atoms with Crippen LogP contribution in [0.4, 0.5) is 5.82 Å². The monoisotopic (exact) mass is 289 g/mol. The van der Waals surface area contributed by atoms with Gasteiger partial charge in [-0.2, -0.15) is 0 Å². The quantitative estimate of drug-likeness (QED) is 0.823. The molecule has 0 bridgehead atoms. The van der Waals surface area contributed by atoms with Crippen LogP contribution >= 0.6 is 11.8 Å². The molecule has 1 heterocycles. The largest absolute Gasteiger partial charge is 0.497 e. The van der Waals surface area contributed by atoms with E-state index in [0.29, 0.717) is 0 Å². The zero-order valence-electron chi connectivity index (χ0n) is 12.0. The maximum Gasteiger partial charge on any atom is 0.133 e. The number of nitrogens with one attached hydrogen (secondary N) is 1. The number of benzene rings is 1. The van der Waals surface area contributed by atoms with E-state index in [-0.39, 0.29) is 0 Å². The summed E-state index contributed by atoms with van der Waals surface area (Å²) >= 11 is 1.66. The topological polar surface area (TPSA) is 47.0 Å². The Bertz CT molecular complexity index is 558. The Hall–Kier alpha value is -1.75. The molecule has 5 heteroatoms. The Labute approximate surface area is 124 Å². The van der Waals surface area contributed by atoms with Gasteiger partial charge in [0.15, 0.2) is 0 Å². The maximum absolute atomic E-state index is 5.17. The van der Waals surface area contributed by atoms with Crippen molar-refractivity contribution in [1.82, 2.24) is 9.97 Å². The Balaban J connectivity index is 2.27. The highest BCUT2D eigenvalue weighted by atomic mass is 32.2. The van der Waals surface area contributed by atoms with E-state index in [1.54, 1.807) is 25.2 Å². The smallest absolute Gasteiger partial charge is 0.133 e. The van der Waals surface area contributed by atoms with E-state index in [9.17, 15) is 0 Å². The van der Waals surface area contributed by atoms with Crippen LogP contribution in [0.5, 0.6) is 5.75 Å². The molecule has 106 valence electrons. The van der Waals surface area contributed by atoms with Crippen LogP contribution in [0, 0.1) is 0 Å². The highest BCUT2D eigenvalue weighted by Crippen LogP contribution is 2.32. The molecule has 0 saturated heterocycles. The molecule has 1 aromatic carbocycles. The van der Waals surface area contributed by atoms with Crippen LogP contribution in [0.1, 0.15) is 18.9 Å². The fraction of sp³-hybridized carbons (Fsp3) is 0.333. The first-order valence-electron chi connectivity index (χ1n) is 6.62. The van der Waals surface area contributed by atoms with Gasteiger partial charge in [-0.05, 0) is 30.7 Å². The summed E-state index contributed by atoms with van der Waals surface area (Å²) in [7, 11) is 3.56. The molecule has 0 unspecified atom stereocenters. The van der Waals surface area contributed by atoms with Gasteiger partial charge in [0, 0.05) is 17.5 Å². The van der Waals surface area contributed by atoms with Crippen molar-refractivity contribution < 1.29 is 4.74 Å². The molecule has 4 nitrogen and oxygen atoms in total. The number of anilines is 1. The van der Waals surface area contributed by atoms with Crippen LogP contribution in [0.2, 0.25) is 0 Å². The second kappa shape index (κ2) is 7.14. The summed E-state index contributed by atoms with van der Waals surface area (Å²) in [6.07, 6.45) is 3.64. The predicted molar refractivity (Wildman–Crippen MR) is 82.7 cm³/mol. The molecule has 1 aromatic heterocycles. The molecule has 2 aromatic rings.